The molecule has 0 saturated carbocycles. The van der Waals surface area contributed by atoms with Crippen molar-refractivity contribution in [3.05, 3.63) is 0 Å². The Kier molecular flexibility index (Phi) is 4.09. The molecule has 0 aliphatic carbocycles. The van der Waals surface area contributed by atoms with E-state index in [1.165, 1.54) is 0 Å². The molecule has 0 radical (unpaired) electrons. The molecule has 0 rings (SSSR count). The third kappa shape index (κ3) is 2.48. The summed E-state index contributed by atoms with van der Waals surface area (Å²) in [6, 6.07) is 0. The van der Waals surface area contributed by atoms with Gasteiger partial charge in [0, 0.05) is 0 Å². The summed E-state index contributed by atoms with van der Waals surface area (Å²) in [6.07, 6.45) is 1.98. The highest BCUT2D eigenvalue weighted by molar-refractivity contribution is 4.84. The average Bonchev–Trinajstić information content (AvgIpc) is 1.87. The van der Waals surface area contributed by atoms with Crippen LogP contribution in [0.3, 0.4) is 0 Å². The van der Waals surface area contributed by atoms with Gasteiger partial charge in [0.1, 0.15) is 0 Å². The highest BCUT2D eigenvalue weighted by atomic mass is 16.3. The van der Waals surface area contributed by atoms with Crippen LogP contribution in [0.2, 0.25) is 0 Å². The predicted octanol–water partition coefficient (Wildman–Crippen LogP) is 2.83. The van der Waals surface area contributed by atoms with E-state index >= 15 is 0 Å². The first-order valence-corrected chi connectivity index (χ1v) is 4.67. The van der Waals surface area contributed by atoms with Crippen molar-refractivity contribution in [3.63, 3.8) is 0 Å². The van der Waals surface area contributed by atoms with Gasteiger partial charge in [-0.05, 0) is 18.3 Å². The lowest BCUT2D eigenvalue weighted by Gasteiger charge is -2.36. The summed E-state index contributed by atoms with van der Waals surface area (Å²) in [5.74, 6) is 0.727. The largest absolute Gasteiger partial charge is 0.389 e. The number of rotatable bonds is 4. The van der Waals surface area contributed by atoms with Crippen molar-refractivity contribution in [2.24, 2.45) is 11.8 Å². The van der Waals surface area contributed by atoms with Crippen LogP contribution < -0.4 is 0 Å². The fraction of sp³-hybridized carbons (Fsp3) is 1.00. The van der Waals surface area contributed by atoms with Crippen LogP contribution >= 0.6 is 0 Å². The normalized spacial score (nSPS) is 13.1. The Hall–Kier alpha value is -0.0400. The summed E-state index contributed by atoms with van der Waals surface area (Å²) in [5, 5.41) is 10.2. The zero-order valence-electron chi connectivity index (χ0n) is 8.52. The van der Waals surface area contributed by atoms with Crippen LogP contribution in [0.1, 0.15) is 47.5 Å². The van der Waals surface area contributed by atoms with E-state index in [0.717, 1.165) is 12.8 Å². The molecule has 0 fully saturated rings. The maximum atomic E-state index is 10.2. The monoisotopic (exact) mass is 158 g/mol. The van der Waals surface area contributed by atoms with E-state index in [2.05, 4.69) is 34.6 Å². The first-order valence-electron chi connectivity index (χ1n) is 4.67. The van der Waals surface area contributed by atoms with Crippen molar-refractivity contribution < 1.29 is 5.11 Å². The van der Waals surface area contributed by atoms with Gasteiger partial charge in [0.25, 0.3) is 0 Å². The molecule has 0 aliphatic rings. The SMILES string of the molecule is CCCC(O)(C(C)C)C(C)C. The summed E-state index contributed by atoms with van der Waals surface area (Å²) in [5.41, 5.74) is -0.450. The number of hydrogen-bond donors (Lipinski definition) is 1. The molecule has 0 atom stereocenters. The molecule has 1 nitrogen and oxygen atoms in total. The van der Waals surface area contributed by atoms with Crippen molar-refractivity contribution >= 4 is 0 Å². The fourth-order valence-corrected chi connectivity index (χ4v) is 1.64. The molecule has 0 aliphatic heterocycles. The van der Waals surface area contributed by atoms with Crippen LogP contribution in [0.15, 0.2) is 0 Å². The van der Waals surface area contributed by atoms with Crippen molar-refractivity contribution in [1.29, 1.82) is 0 Å². The summed E-state index contributed by atoms with van der Waals surface area (Å²) in [7, 11) is 0. The maximum absolute atomic E-state index is 10.2. The third-order valence-electron chi connectivity index (χ3n) is 2.65. The van der Waals surface area contributed by atoms with E-state index < -0.39 is 5.60 Å². The highest BCUT2D eigenvalue weighted by Gasteiger charge is 2.32. The first kappa shape index (κ1) is 11.0. The quantitative estimate of drug-likeness (QED) is 0.667. The second-order valence-electron chi connectivity index (χ2n) is 4.05. The van der Waals surface area contributed by atoms with Gasteiger partial charge in [0.15, 0.2) is 0 Å². The topological polar surface area (TPSA) is 20.2 Å². The van der Waals surface area contributed by atoms with E-state index in [9.17, 15) is 5.11 Å². The van der Waals surface area contributed by atoms with E-state index in [4.69, 9.17) is 0 Å². The Morgan fingerprint density at radius 3 is 1.55 bits per heavy atom. The molecule has 0 aromatic heterocycles. The Morgan fingerprint density at radius 2 is 1.45 bits per heavy atom. The maximum Gasteiger partial charge on any atom is 0.0693 e. The standard InChI is InChI=1S/C10H22O/c1-6-7-10(11,8(2)3)9(4)5/h8-9,11H,6-7H2,1-5H3. The minimum absolute atomic E-state index is 0.363. The minimum atomic E-state index is -0.450. The molecule has 0 amide bonds. The van der Waals surface area contributed by atoms with Gasteiger partial charge < -0.3 is 5.11 Å². The van der Waals surface area contributed by atoms with E-state index in [1.54, 1.807) is 0 Å². The van der Waals surface area contributed by atoms with Crippen LogP contribution in [0.5, 0.6) is 0 Å². The molecule has 1 N–H and O–H groups in total. The van der Waals surface area contributed by atoms with Crippen LogP contribution in [0.4, 0.5) is 0 Å². The summed E-state index contributed by atoms with van der Waals surface area (Å²) in [4.78, 5) is 0. The molecule has 0 unspecified atom stereocenters. The highest BCUT2D eigenvalue weighted by Crippen LogP contribution is 2.30. The molecule has 0 heterocycles. The van der Waals surface area contributed by atoms with Gasteiger partial charge in [0.2, 0.25) is 0 Å². The van der Waals surface area contributed by atoms with Crippen LogP contribution in [0, 0.1) is 11.8 Å². The van der Waals surface area contributed by atoms with Crippen molar-refractivity contribution in [1.82, 2.24) is 0 Å². The molecular weight excluding hydrogens is 136 g/mol. The minimum Gasteiger partial charge on any atom is -0.389 e. The molecule has 0 spiro atoms. The van der Waals surface area contributed by atoms with Gasteiger partial charge >= 0.3 is 0 Å². The van der Waals surface area contributed by atoms with E-state index in [-0.39, 0.29) is 0 Å². The Balaban J connectivity index is 4.26. The molecule has 68 valence electrons. The first-order chi connectivity index (χ1) is 4.95. The van der Waals surface area contributed by atoms with Gasteiger partial charge in [-0.2, -0.15) is 0 Å². The molecule has 0 aromatic carbocycles. The third-order valence-corrected chi connectivity index (χ3v) is 2.65. The Bertz CT molecular complexity index is 97.4. The second kappa shape index (κ2) is 4.10. The molecule has 1 heteroatoms. The summed E-state index contributed by atoms with van der Waals surface area (Å²) >= 11 is 0. The molecule has 0 aromatic rings. The zero-order chi connectivity index (χ0) is 9.07. The average molecular weight is 158 g/mol. The van der Waals surface area contributed by atoms with E-state index in [1.807, 2.05) is 0 Å². The molecule has 0 bridgehead atoms. The predicted molar refractivity (Wildman–Crippen MR) is 49.5 cm³/mol. The van der Waals surface area contributed by atoms with Crippen molar-refractivity contribution in [2.45, 2.75) is 53.1 Å². The Labute approximate surface area is 70.8 Å². The van der Waals surface area contributed by atoms with Crippen LogP contribution in [0.25, 0.3) is 0 Å². The van der Waals surface area contributed by atoms with Gasteiger partial charge in [-0.1, -0.05) is 41.0 Å². The fourth-order valence-electron chi connectivity index (χ4n) is 1.64. The number of hydrogen-bond acceptors (Lipinski definition) is 1. The lowest BCUT2D eigenvalue weighted by atomic mass is 9.77. The summed E-state index contributed by atoms with van der Waals surface area (Å²) < 4.78 is 0. The molecular formula is C10H22O. The van der Waals surface area contributed by atoms with Crippen LogP contribution in [-0.2, 0) is 0 Å². The second-order valence-corrected chi connectivity index (χ2v) is 4.05. The van der Waals surface area contributed by atoms with Crippen LogP contribution in [-0.4, -0.2) is 10.7 Å². The van der Waals surface area contributed by atoms with Gasteiger partial charge in [-0.3, -0.25) is 0 Å². The van der Waals surface area contributed by atoms with Gasteiger partial charge in [0.05, 0.1) is 5.60 Å². The van der Waals surface area contributed by atoms with Gasteiger partial charge in [-0.15, -0.1) is 0 Å². The Morgan fingerprint density at radius 1 is 1.09 bits per heavy atom. The number of aliphatic hydroxyl groups is 1. The van der Waals surface area contributed by atoms with Crippen molar-refractivity contribution in [2.75, 3.05) is 0 Å². The lowest BCUT2D eigenvalue weighted by molar-refractivity contribution is -0.0542. The molecule has 11 heavy (non-hydrogen) atoms. The smallest absolute Gasteiger partial charge is 0.0693 e. The van der Waals surface area contributed by atoms with Crippen molar-refractivity contribution in [3.8, 4) is 0 Å². The van der Waals surface area contributed by atoms with E-state index in [0.29, 0.717) is 11.8 Å². The lowest BCUT2D eigenvalue weighted by Crippen LogP contribution is -2.40. The summed E-state index contributed by atoms with van der Waals surface area (Å²) in [6.45, 7) is 10.5. The van der Waals surface area contributed by atoms with Gasteiger partial charge in [-0.25, -0.2) is 0 Å². The zero-order valence-corrected chi connectivity index (χ0v) is 8.52. The molecule has 0 saturated heterocycles.